The summed E-state index contributed by atoms with van der Waals surface area (Å²) in [6, 6.07) is 6.24. The van der Waals surface area contributed by atoms with Gasteiger partial charge in [-0.3, -0.25) is 9.59 Å². The lowest BCUT2D eigenvalue weighted by atomic mass is 10.0. The van der Waals surface area contributed by atoms with Crippen molar-refractivity contribution in [3.05, 3.63) is 35.6 Å². The minimum absolute atomic E-state index is 0.0328. The number of hydrogen-bond acceptors (Lipinski definition) is 2. The molecule has 0 aromatic heterocycles. The van der Waals surface area contributed by atoms with Gasteiger partial charge in [-0.25, -0.2) is 4.39 Å². The van der Waals surface area contributed by atoms with E-state index in [9.17, 15) is 14.0 Å². The Labute approximate surface area is 123 Å². The van der Waals surface area contributed by atoms with Crippen molar-refractivity contribution in [3.63, 3.8) is 0 Å². The molecule has 0 saturated carbocycles. The van der Waals surface area contributed by atoms with E-state index in [1.54, 1.807) is 12.1 Å². The lowest BCUT2D eigenvalue weighted by Crippen LogP contribution is -2.47. The van der Waals surface area contributed by atoms with Crippen LogP contribution < -0.4 is 5.32 Å². The maximum atomic E-state index is 12.9. The highest BCUT2D eigenvalue weighted by molar-refractivity contribution is 5.91. The number of halogens is 1. The summed E-state index contributed by atoms with van der Waals surface area (Å²) < 4.78 is 12.9. The molecule has 0 bridgehead atoms. The molecule has 2 heterocycles. The van der Waals surface area contributed by atoms with Crippen molar-refractivity contribution >= 4 is 11.8 Å². The highest BCUT2D eigenvalue weighted by Crippen LogP contribution is 2.23. The van der Waals surface area contributed by atoms with Crippen molar-refractivity contribution in [2.45, 2.75) is 44.2 Å². The van der Waals surface area contributed by atoms with Gasteiger partial charge in [0.15, 0.2) is 0 Å². The van der Waals surface area contributed by atoms with Crippen molar-refractivity contribution < 1.29 is 14.0 Å². The summed E-state index contributed by atoms with van der Waals surface area (Å²) in [5.74, 6) is -0.250. The van der Waals surface area contributed by atoms with Gasteiger partial charge in [0.05, 0.1) is 0 Å². The molecule has 0 radical (unpaired) electrons. The number of nitrogens with one attached hydrogen (secondary N) is 1. The Morgan fingerprint density at radius 2 is 2.05 bits per heavy atom. The normalized spacial score (nSPS) is 25.2. The zero-order chi connectivity index (χ0) is 14.8. The Hall–Kier alpha value is -1.91. The second-order valence-corrected chi connectivity index (χ2v) is 5.82. The summed E-state index contributed by atoms with van der Waals surface area (Å²) in [4.78, 5) is 25.6. The van der Waals surface area contributed by atoms with E-state index in [1.807, 2.05) is 4.90 Å². The summed E-state index contributed by atoms with van der Waals surface area (Å²) in [5.41, 5.74) is 1.04. The molecule has 2 aliphatic heterocycles. The monoisotopic (exact) mass is 290 g/mol. The van der Waals surface area contributed by atoms with Gasteiger partial charge in [0, 0.05) is 19.0 Å². The maximum Gasteiger partial charge on any atom is 0.245 e. The smallest absolute Gasteiger partial charge is 0.245 e. The number of rotatable bonds is 3. The standard InChI is InChI=1S/C16H19FN2O2/c17-12-5-3-11(4-6-12)10-13-2-1-9-19(13)16(21)14-7-8-15(20)18-14/h3-6,13-14H,1-2,7-10H2,(H,18,20). The summed E-state index contributed by atoms with van der Waals surface area (Å²) in [7, 11) is 0. The molecule has 0 spiro atoms. The molecule has 2 unspecified atom stereocenters. The summed E-state index contributed by atoms with van der Waals surface area (Å²) in [6.07, 6.45) is 3.72. The van der Waals surface area contributed by atoms with Crippen LogP contribution in [0.3, 0.4) is 0 Å². The number of nitrogens with zero attached hydrogens (tertiary/aromatic N) is 1. The number of carbonyl (C=O) groups excluding carboxylic acids is 2. The first-order chi connectivity index (χ1) is 10.1. The van der Waals surface area contributed by atoms with Crippen molar-refractivity contribution in [3.8, 4) is 0 Å². The van der Waals surface area contributed by atoms with Gasteiger partial charge in [-0.2, -0.15) is 0 Å². The van der Waals surface area contributed by atoms with Crippen LogP contribution >= 0.6 is 0 Å². The molecule has 5 heteroatoms. The molecule has 2 atom stereocenters. The van der Waals surface area contributed by atoms with Crippen LogP contribution in [0.25, 0.3) is 0 Å². The Kier molecular flexibility index (Phi) is 3.90. The van der Waals surface area contributed by atoms with Crippen LogP contribution in [-0.2, 0) is 16.0 Å². The average Bonchev–Trinajstić information content (AvgIpc) is 3.10. The van der Waals surface area contributed by atoms with Crippen molar-refractivity contribution in [1.29, 1.82) is 0 Å². The van der Waals surface area contributed by atoms with Gasteiger partial charge in [0.2, 0.25) is 11.8 Å². The SMILES string of the molecule is O=C1CCC(C(=O)N2CCCC2Cc2ccc(F)cc2)N1. The second-order valence-electron chi connectivity index (χ2n) is 5.82. The van der Waals surface area contributed by atoms with E-state index in [0.717, 1.165) is 31.4 Å². The molecule has 1 N–H and O–H groups in total. The Morgan fingerprint density at radius 1 is 1.29 bits per heavy atom. The number of benzene rings is 1. The largest absolute Gasteiger partial charge is 0.344 e. The third kappa shape index (κ3) is 3.06. The molecular weight excluding hydrogens is 271 g/mol. The fraction of sp³-hybridized carbons (Fsp3) is 0.500. The van der Waals surface area contributed by atoms with Crippen molar-refractivity contribution in [2.75, 3.05) is 6.54 Å². The molecule has 2 aliphatic rings. The zero-order valence-corrected chi connectivity index (χ0v) is 11.8. The highest BCUT2D eigenvalue weighted by atomic mass is 19.1. The first-order valence-electron chi connectivity index (χ1n) is 7.48. The summed E-state index contributed by atoms with van der Waals surface area (Å²) in [5, 5.41) is 2.74. The number of amides is 2. The maximum absolute atomic E-state index is 12.9. The van der Waals surface area contributed by atoms with E-state index in [4.69, 9.17) is 0 Å². The van der Waals surface area contributed by atoms with E-state index in [1.165, 1.54) is 12.1 Å². The highest BCUT2D eigenvalue weighted by Gasteiger charge is 2.36. The van der Waals surface area contributed by atoms with E-state index >= 15 is 0 Å². The van der Waals surface area contributed by atoms with Crippen LogP contribution in [0.1, 0.15) is 31.2 Å². The molecule has 2 saturated heterocycles. The molecular formula is C16H19FN2O2. The third-order valence-electron chi connectivity index (χ3n) is 4.34. The molecule has 21 heavy (non-hydrogen) atoms. The molecule has 4 nitrogen and oxygen atoms in total. The summed E-state index contributed by atoms with van der Waals surface area (Å²) >= 11 is 0. The quantitative estimate of drug-likeness (QED) is 0.920. The van der Waals surface area contributed by atoms with Gasteiger partial charge < -0.3 is 10.2 Å². The first-order valence-corrected chi connectivity index (χ1v) is 7.48. The van der Waals surface area contributed by atoms with Crippen LogP contribution in [0.15, 0.2) is 24.3 Å². The van der Waals surface area contributed by atoms with Gasteiger partial charge in [-0.15, -0.1) is 0 Å². The Morgan fingerprint density at radius 3 is 2.71 bits per heavy atom. The van der Waals surface area contributed by atoms with E-state index < -0.39 is 0 Å². The lowest BCUT2D eigenvalue weighted by molar-refractivity contribution is -0.135. The second kappa shape index (κ2) is 5.84. The van der Waals surface area contributed by atoms with Crippen LogP contribution in [-0.4, -0.2) is 35.3 Å². The van der Waals surface area contributed by atoms with Crippen molar-refractivity contribution in [2.24, 2.45) is 0 Å². The Bertz CT molecular complexity index is 544. The molecule has 0 aliphatic carbocycles. The van der Waals surface area contributed by atoms with Crippen LogP contribution in [0, 0.1) is 5.82 Å². The van der Waals surface area contributed by atoms with Gasteiger partial charge >= 0.3 is 0 Å². The summed E-state index contributed by atoms with van der Waals surface area (Å²) in [6.45, 7) is 0.747. The van der Waals surface area contributed by atoms with E-state index in [2.05, 4.69) is 5.32 Å². The van der Waals surface area contributed by atoms with Crippen LogP contribution in [0.5, 0.6) is 0 Å². The fourth-order valence-corrected chi connectivity index (χ4v) is 3.23. The average molecular weight is 290 g/mol. The number of likely N-dealkylation sites (tertiary alicyclic amines) is 1. The predicted molar refractivity (Wildman–Crippen MR) is 76.0 cm³/mol. The predicted octanol–water partition coefficient (Wildman–Crippen LogP) is 1.64. The molecule has 1 aromatic rings. The third-order valence-corrected chi connectivity index (χ3v) is 4.34. The van der Waals surface area contributed by atoms with Gasteiger partial charge in [0.1, 0.15) is 11.9 Å². The fourth-order valence-electron chi connectivity index (χ4n) is 3.23. The van der Waals surface area contributed by atoms with E-state index in [0.29, 0.717) is 12.8 Å². The van der Waals surface area contributed by atoms with Gasteiger partial charge in [-0.1, -0.05) is 12.1 Å². The number of hydrogen-bond donors (Lipinski definition) is 1. The van der Waals surface area contributed by atoms with Crippen molar-refractivity contribution in [1.82, 2.24) is 10.2 Å². The van der Waals surface area contributed by atoms with E-state index in [-0.39, 0.29) is 29.7 Å². The first kappa shape index (κ1) is 14.0. The minimum Gasteiger partial charge on any atom is -0.344 e. The zero-order valence-electron chi connectivity index (χ0n) is 11.8. The molecule has 112 valence electrons. The minimum atomic E-state index is -0.355. The Balaban J connectivity index is 1.66. The topological polar surface area (TPSA) is 49.4 Å². The molecule has 2 amide bonds. The van der Waals surface area contributed by atoms with Crippen LogP contribution in [0.2, 0.25) is 0 Å². The van der Waals surface area contributed by atoms with Crippen LogP contribution in [0.4, 0.5) is 4.39 Å². The molecule has 1 aromatic carbocycles. The number of carbonyl (C=O) groups is 2. The molecule has 2 fully saturated rings. The van der Waals surface area contributed by atoms with Gasteiger partial charge in [0.25, 0.3) is 0 Å². The van der Waals surface area contributed by atoms with Gasteiger partial charge in [-0.05, 0) is 43.4 Å². The molecule has 3 rings (SSSR count). The lowest BCUT2D eigenvalue weighted by Gasteiger charge is -2.27.